The van der Waals surface area contributed by atoms with Gasteiger partial charge in [-0.3, -0.25) is 4.79 Å². The number of hydrogen-bond donors (Lipinski definition) is 2. The van der Waals surface area contributed by atoms with Gasteiger partial charge in [0.1, 0.15) is 0 Å². The van der Waals surface area contributed by atoms with Gasteiger partial charge in [0.05, 0.1) is 18.4 Å². The number of anilines is 1. The molecule has 0 bridgehead atoms. The number of carbonyl (C=O) groups is 1. The Kier molecular flexibility index (Phi) is 3.68. The molecule has 0 aliphatic heterocycles. The maximum atomic E-state index is 10.3. The number of nitrogens with zero attached hydrogens (tertiary/aromatic N) is 3. The first-order chi connectivity index (χ1) is 7.02. The minimum Gasteiger partial charge on any atom is -0.480 e. The number of aromatic nitrogens is 2. The van der Waals surface area contributed by atoms with E-state index >= 15 is 0 Å². The molecule has 84 valence electrons. The monoisotopic (exact) mass is 212 g/mol. The van der Waals surface area contributed by atoms with Gasteiger partial charge < -0.3 is 19.9 Å². The number of carboxylic acids is 1. The standard InChI is InChI=1S/C9H16N4O2/c1-12(2)9-11-5-7(13(9)3)4-10-6-8(14)15/h5,10H,4,6H2,1-3H3,(H,14,15). The average Bonchev–Trinajstić information content (AvgIpc) is 2.47. The van der Waals surface area contributed by atoms with Gasteiger partial charge in [-0.1, -0.05) is 0 Å². The molecule has 2 N–H and O–H groups in total. The average molecular weight is 212 g/mol. The van der Waals surface area contributed by atoms with Crippen molar-refractivity contribution in [1.29, 1.82) is 0 Å². The summed E-state index contributed by atoms with van der Waals surface area (Å²) in [6.45, 7) is 0.464. The Morgan fingerprint density at radius 2 is 2.33 bits per heavy atom. The highest BCUT2D eigenvalue weighted by atomic mass is 16.4. The van der Waals surface area contributed by atoms with Gasteiger partial charge in [0.15, 0.2) is 0 Å². The van der Waals surface area contributed by atoms with Crippen LogP contribution in [0.1, 0.15) is 5.69 Å². The summed E-state index contributed by atoms with van der Waals surface area (Å²) >= 11 is 0. The van der Waals surface area contributed by atoms with E-state index in [0.29, 0.717) is 6.54 Å². The van der Waals surface area contributed by atoms with Gasteiger partial charge in [-0.15, -0.1) is 0 Å². The molecule has 0 aromatic carbocycles. The number of nitrogens with one attached hydrogen (secondary N) is 1. The molecule has 0 amide bonds. The van der Waals surface area contributed by atoms with Crippen LogP contribution in [0, 0.1) is 0 Å². The number of carboxylic acid groups (broad SMARTS) is 1. The minimum absolute atomic E-state index is 0.0392. The van der Waals surface area contributed by atoms with Crippen LogP contribution in [0.2, 0.25) is 0 Å². The molecular weight excluding hydrogens is 196 g/mol. The molecule has 0 aliphatic carbocycles. The first-order valence-electron chi connectivity index (χ1n) is 4.62. The van der Waals surface area contributed by atoms with Crippen LogP contribution >= 0.6 is 0 Å². The molecule has 0 radical (unpaired) electrons. The van der Waals surface area contributed by atoms with Gasteiger partial charge >= 0.3 is 5.97 Å². The Hall–Kier alpha value is -1.56. The predicted octanol–water partition coefficient (Wildman–Crippen LogP) is -0.340. The van der Waals surface area contributed by atoms with Crippen molar-refractivity contribution in [2.75, 3.05) is 25.5 Å². The van der Waals surface area contributed by atoms with Gasteiger partial charge in [-0.2, -0.15) is 0 Å². The van der Waals surface area contributed by atoms with Crippen LogP contribution < -0.4 is 10.2 Å². The molecule has 1 aromatic rings. The largest absolute Gasteiger partial charge is 0.480 e. The molecule has 0 saturated heterocycles. The van der Waals surface area contributed by atoms with Crippen molar-refractivity contribution in [2.45, 2.75) is 6.54 Å². The van der Waals surface area contributed by atoms with Gasteiger partial charge in [0.2, 0.25) is 5.95 Å². The summed E-state index contributed by atoms with van der Waals surface area (Å²) < 4.78 is 1.93. The van der Waals surface area contributed by atoms with E-state index in [9.17, 15) is 4.79 Å². The van der Waals surface area contributed by atoms with Crippen molar-refractivity contribution in [2.24, 2.45) is 7.05 Å². The van der Waals surface area contributed by atoms with Crippen LogP contribution in [0.5, 0.6) is 0 Å². The molecule has 6 nitrogen and oxygen atoms in total. The van der Waals surface area contributed by atoms with Gasteiger partial charge in [-0.25, -0.2) is 4.98 Å². The Labute approximate surface area is 88.5 Å². The van der Waals surface area contributed by atoms with E-state index in [1.165, 1.54) is 0 Å². The topological polar surface area (TPSA) is 70.4 Å². The summed E-state index contributed by atoms with van der Waals surface area (Å²) in [7, 11) is 5.73. The fourth-order valence-electron chi connectivity index (χ4n) is 1.31. The first kappa shape index (κ1) is 11.5. The maximum Gasteiger partial charge on any atom is 0.317 e. The van der Waals surface area contributed by atoms with Crippen molar-refractivity contribution in [3.8, 4) is 0 Å². The zero-order chi connectivity index (χ0) is 11.4. The molecule has 1 aromatic heterocycles. The van der Waals surface area contributed by atoms with E-state index in [1.54, 1.807) is 6.20 Å². The third kappa shape index (κ3) is 2.95. The second-order valence-electron chi connectivity index (χ2n) is 3.50. The highest BCUT2D eigenvalue weighted by Crippen LogP contribution is 2.10. The first-order valence-corrected chi connectivity index (χ1v) is 4.62. The van der Waals surface area contributed by atoms with Crippen LogP contribution in [0.25, 0.3) is 0 Å². The summed E-state index contributed by atoms with van der Waals surface area (Å²) in [5, 5.41) is 11.3. The minimum atomic E-state index is -0.856. The van der Waals surface area contributed by atoms with E-state index in [1.807, 2.05) is 30.6 Å². The summed E-state index contributed by atoms with van der Waals surface area (Å²) in [4.78, 5) is 16.4. The molecule has 1 heterocycles. The van der Waals surface area contributed by atoms with E-state index in [2.05, 4.69) is 10.3 Å². The number of rotatable bonds is 5. The fraction of sp³-hybridized carbons (Fsp3) is 0.556. The van der Waals surface area contributed by atoms with E-state index in [4.69, 9.17) is 5.11 Å². The Balaban J connectivity index is 2.59. The van der Waals surface area contributed by atoms with Crippen molar-refractivity contribution >= 4 is 11.9 Å². The van der Waals surface area contributed by atoms with Gasteiger partial charge in [0, 0.05) is 27.7 Å². The lowest BCUT2D eigenvalue weighted by Crippen LogP contribution is -2.23. The molecule has 0 atom stereocenters. The second kappa shape index (κ2) is 4.79. The molecular formula is C9H16N4O2. The predicted molar refractivity (Wildman–Crippen MR) is 56.9 cm³/mol. The van der Waals surface area contributed by atoms with Gasteiger partial charge in [0.25, 0.3) is 0 Å². The Morgan fingerprint density at radius 1 is 1.67 bits per heavy atom. The summed E-state index contributed by atoms with van der Waals surface area (Å²) in [6, 6.07) is 0. The molecule has 6 heteroatoms. The third-order valence-corrected chi connectivity index (χ3v) is 2.04. The molecule has 1 rings (SSSR count). The summed E-state index contributed by atoms with van der Waals surface area (Å²) in [5.74, 6) is -0.00729. The quantitative estimate of drug-likeness (QED) is 0.698. The van der Waals surface area contributed by atoms with Crippen molar-refractivity contribution < 1.29 is 9.90 Å². The second-order valence-corrected chi connectivity index (χ2v) is 3.50. The number of imidazole rings is 1. The summed E-state index contributed by atoms with van der Waals surface area (Å²) in [5.41, 5.74) is 0.958. The van der Waals surface area contributed by atoms with E-state index in [-0.39, 0.29) is 6.54 Å². The molecule has 15 heavy (non-hydrogen) atoms. The maximum absolute atomic E-state index is 10.3. The van der Waals surface area contributed by atoms with E-state index < -0.39 is 5.97 Å². The number of hydrogen-bond acceptors (Lipinski definition) is 4. The molecule has 0 aliphatic rings. The lowest BCUT2D eigenvalue weighted by Gasteiger charge is -2.12. The smallest absolute Gasteiger partial charge is 0.317 e. The summed E-state index contributed by atoms with van der Waals surface area (Å²) in [6.07, 6.45) is 1.74. The van der Waals surface area contributed by atoms with Crippen LogP contribution in [0.4, 0.5) is 5.95 Å². The Morgan fingerprint density at radius 3 is 2.80 bits per heavy atom. The Bertz CT molecular complexity index is 346. The highest BCUT2D eigenvalue weighted by molar-refractivity contribution is 5.68. The molecule has 0 fully saturated rings. The van der Waals surface area contributed by atoms with Crippen LogP contribution in [-0.4, -0.2) is 41.3 Å². The zero-order valence-electron chi connectivity index (χ0n) is 9.19. The normalized spacial score (nSPS) is 10.3. The molecule has 0 spiro atoms. The molecule has 0 saturated carbocycles. The van der Waals surface area contributed by atoms with Crippen LogP contribution in [0.3, 0.4) is 0 Å². The lowest BCUT2D eigenvalue weighted by molar-refractivity contribution is -0.136. The highest BCUT2D eigenvalue weighted by Gasteiger charge is 2.07. The lowest BCUT2D eigenvalue weighted by atomic mass is 10.4. The van der Waals surface area contributed by atoms with Gasteiger partial charge in [-0.05, 0) is 0 Å². The molecule has 0 unspecified atom stereocenters. The van der Waals surface area contributed by atoms with E-state index in [0.717, 1.165) is 11.6 Å². The van der Waals surface area contributed by atoms with Crippen molar-refractivity contribution in [3.05, 3.63) is 11.9 Å². The number of aliphatic carboxylic acids is 1. The van der Waals surface area contributed by atoms with Crippen molar-refractivity contribution in [1.82, 2.24) is 14.9 Å². The van der Waals surface area contributed by atoms with Crippen LogP contribution in [-0.2, 0) is 18.4 Å². The van der Waals surface area contributed by atoms with Crippen LogP contribution in [0.15, 0.2) is 6.20 Å². The van der Waals surface area contributed by atoms with Crippen molar-refractivity contribution in [3.63, 3.8) is 0 Å². The zero-order valence-corrected chi connectivity index (χ0v) is 9.19. The third-order valence-electron chi connectivity index (χ3n) is 2.04. The fourth-order valence-corrected chi connectivity index (χ4v) is 1.31. The SMILES string of the molecule is CN(C)c1ncc(CNCC(=O)O)n1C.